The summed E-state index contributed by atoms with van der Waals surface area (Å²) in [6, 6.07) is 7.84. The molecule has 1 aromatic rings. The molecule has 0 radical (unpaired) electrons. The van der Waals surface area contributed by atoms with Gasteiger partial charge in [-0.05, 0) is 12.5 Å². The van der Waals surface area contributed by atoms with Crippen LogP contribution >= 0.6 is 0 Å². The smallest absolute Gasteiger partial charge is 0.309 e. The molecule has 0 fully saturated rings. The standard InChI is InChI=1S/C10H12O2.N2/c1-8-3-5-9(6-4-8)7-10(11)12-2;1-2/h3-6H,7H2,1-2H3;. The summed E-state index contributed by atoms with van der Waals surface area (Å²) in [6.07, 6.45) is 0.358. The maximum absolute atomic E-state index is 10.8. The van der Waals surface area contributed by atoms with Crippen molar-refractivity contribution in [3.8, 4) is 0 Å². The Labute approximate surface area is 82.9 Å². The first kappa shape index (κ1) is 12.1. The van der Waals surface area contributed by atoms with Crippen LogP contribution in [0.2, 0.25) is 0 Å². The predicted octanol–water partition coefficient (Wildman–Crippen LogP) is 1.74. The van der Waals surface area contributed by atoms with Crippen LogP contribution in [0.3, 0.4) is 0 Å². The third-order valence-electron chi connectivity index (χ3n) is 1.70. The maximum Gasteiger partial charge on any atom is 0.309 e. The van der Waals surface area contributed by atoms with E-state index in [4.69, 9.17) is 10.8 Å². The third-order valence-corrected chi connectivity index (χ3v) is 1.70. The second kappa shape index (κ2) is 6.61. The number of esters is 1. The Bertz CT molecular complexity index is 304. The predicted molar refractivity (Wildman–Crippen MR) is 50.3 cm³/mol. The summed E-state index contributed by atoms with van der Waals surface area (Å²) in [4.78, 5) is 10.8. The first-order chi connectivity index (χ1) is 6.72. The molecule has 4 heteroatoms. The van der Waals surface area contributed by atoms with E-state index in [0.29, 0.717) is 6.42 Å². The second-order valence-electron chi connectivity index (χ2n) is 2.74. The van der Waals surface area contributed by atoms with Gasteiger partial charge < -0.3 is 4.74 Å². The minimum absolute atomic E-state index is 0.196. The van der Waals surface area contributed by atoms with E-state index >= 15 is 0 Å². The Morgan fingerprint density at radius 2 is 1.79 bits per heavy atom. The molecular formula is C10H12N2O2. The summed E-state index contributed by atoms with van der Waals surface area (Å²) in [7, 11) is 1.40. The van der Waals surface area contributed by atoms with Gasteiger partial charge in [0, 0.05) is 10.8 Å². The fourth-order valence-corrected chi connectivity index (χ4v) is 0.945. The van der Waals surface area contributed by atoms with Gasteiger partial charge in [-0.15, -0.1) is 0 Å². The van der Waals surface area contributed by atoms with Crippen molar-refractivity contribution in [1.82, 2.24) is 0 Å². The maximum atomic E-state index is 10.8. The third kappa shape index (κ3) is 4.21. The van der Waals surface area contributed by atoms with Gasteiger partial charge in [0.15, 0.2) is 0 Å². The minimum atomic E-state index is -0.196. The summed E-state index contributed by atoms with van der Waals surface area (Å²) in [6.45, 7) is 2.02. The van der Waals surface area contributed by atoms with E-state index in [-0.39, 0.29) is 5.97 Å². The van der Waals surface area contributed by atoms with E-state index < -0.39 is 0 Å². The van der Waals surface area contributed by atoms with Gasteiger partial charge in [-0.2, -0.15) is 0 Å². The molecule has 0 bridgehead atoms. The van der Waals surface area contributed by atoms with Crippen molar-refractivity contribution in [2.24, 2.45) is 0 Å². The molecule has 0 aliphatic rings. The molecule has 0 unspecified atom stereocenters. The van der Waals surface area contributed by atoms with Gasteiger partial charge >= 0.3 is 5.97 Å². The number of hydrogen-bond acceptors (Lipinski definition) is 4. The van der Waals surface area contributed by atoms with Crippen molar-refractivity contribution in [2.75, 3.05) is 7.11 Å². The van der Waals surface area contributed by atoms with Crippen LogP contribution in [0, 0.1) is 17.7 Å². The Morgan fingerprint density at radius 3 is 2.21 bits per heavy atom. The fraction of sp³-hybridized carbons (Fsp3) is 0.300. The number of benzene rings is 1. The highest BCUT2D eigenvalue weighted by atomic mass is 16.5. The first-order valence-electron chi connectivity index (χ1n) is 4.04. The van der Waals surface area contributed by atoms with Gasteiger partial charge in [0.1, 0.15) is 0 Å². The molecule has 0 spiro atoms. The topological polar surface area (TPSA) is 73.9 Å². The Morgan fingerprint density at radius 1 is 1.29 bits per heavy atom. The number of hydrogen-bond donors (Lipinski definition) is 0. The number of aryl methyl sites for hydroxylation is 1. The fourth-order valence-electron chi connectivity index (χ4n) is 0.945. The van der Waals surface area contributed by atoms with E-state index in [0.717, 1.165) is 5.56 Å². The van der Waals surface area contributed by atoms with Crippen molar-refractivity contribution in [1.29, 1.82) is 10.8 Å². The number of methoxy groups -OCH3 is 1. The number of nitrogens with zero attached hydrogens (tertiary/aromatic N) is 2. The number of ether oxygens (including phenoxy) is 1. The summed E-state index contributed by atoms with van der Waals surface area (Å²) in [5.74, 6) is -0.196. The molecule has 74 valence electrons. The van der Waals surface area contributed by atoms with Crippen LogP contribution in [0.1, 0.15) is 11.1 Å². The van der Waals surface area contributed by atoms with E-state index in [1.807, 2.05) is 31.2 Å². The average Bonchev–Trinajstić information content (AvgIpc) is 2.24. The molecule has 4 nitrogen and oxygen atoms in total. The van der Waals surface area contributed by atoms with Crippen LogP contribution in [-0.2, 0) is 16.0 Å². The molecular weight excluding hydrogens is 180 g/mol. The summed E-state index contributed by atoms with van der Waals surface area (Å²) in [5, 5.41) is 12.0. The molecule has 0 heterocycles. The summed E-state index contributed by atoms with van der Waals surface area (Å²) in [5.41, 5.74) is 2.19. The lowest BCUT2D eigenvalue weighted by Gasteiger charge is -1.99. The minimum Gasteiger partial charge on any atom is -0.469 e. The van der Waals surface area contributed by atoms with Gasteiger partial charge in [-0.1, -0.05) is 29.8 Å². The molecule has 0 atom stereocenters. The zero-order chi connectivity index (χ0) is 11.0. The van der Waals surface area contributed by atoms with Crippen molar-refractivity contribution in [3.63, 3.8) is 0 Å². The van der Waals surface area contributed by atoms with Crippen LogP contribution in [-0.4, -0.2) is 13.1 Å². The van der Waals surface area contributed by atoms with E-state index in [1.165, 1.54) is 12.7 Å². The highest BCUT2D eigenvalue weighted by Crippen LogP contribution is 2.04. The van der Waals surface area contributed by atoms with Crippen molar-refractivity contribution >= 4 is 5.97 Å². The summed E-state index contributed by atoms with van der Waals surface area (Å²) < 4.78 is 4.55. The molecule has 1 aromatic carbocycles. The lowest BCUT2D eigenvalue weighted by molar-refractivity contribution is -0.139. The lowest BCUT2D eigenvalue weighted by atomic mass is 10.1. The second-order valence-corrected chi connectivity index (χ2v) is 2.74. The number of rotatable bonds is 2. The van der Waals surface area contributed by atoms with Crippen molar-refractivity contribution < 1.29 is 9.53 Å². The van der Waals surface area contributed by atoms with Gasteiger partial charge in [-0.3, -0.25) is 4.79 Å². The first-order valence-corrected chi connectivity index (χ1v) is 4.04. The largest absolute Gasteiger partial charge is 0.469 e. The Hall–Kier alpha value is -1.89. The van der Waals surface area contributed by atoms with Gasteiger partial charge in [0.25, 0.3) is 0 Å². The van der Waals surface area contributed by atoms with Gasteiger partial charge in [0.05, 0.1) is 13.5 Å². The lowest BCUT2D eigenvalue weighted by Crippen LogP contribution is -2.03. The van der Waals surface area contributed by atoms with Crippen LogP contribution in [0.4, 0.5) is 0 Å². The molecule has 0 saturated carbocycles. The number of carbonyl (C=O) groups is 1. The van der Waals surface area contributed by atoms with Crippen molar-refractivity contribution in [3.05, 3.63) is 35.4 Å². The van der Waals surface area contributed by atoms with E-state index in [9.17, 15) is 4.79 Å². The highest BCUT2D eigenvalue weighted by Gasteiger charge is 2.00. The van der Waals surface area contributed by atoms with Crippen LogP contribution < -0.4 is 0 Å². The quantitative estimate of drug-likeness (QED) is 0.528. The zero-order valence-corrected chi connectivity index (χ0v) is 8.23. The number of carbonyl (C=O) groups excluding carboxylic acids is 1. The molecule has 0 amide bonds. The Balaban J connectivity index is 0.000000791. The molecule has 0 aliphatic heterocycles. The monoisotopic (exact) mass is 192 g/mol. The van der Waals surface area contributed by atoms with Crippen LogP contribution in [0.25, 0.3) is 0 Å². The van der Waals surface area contributed by atoms with Gasteiger partial charge in [0.2, 0.25) is 0 Å². The van der Waals surface area contributed by atoms with E-state index in [2.05, 4.69) is 4.74 Å². The zero-order valence-electron chi connectivity index (χ0n) is 8.23. The molecule has 0 saturated heterocycles. The molecule has 0 aliphatic carbocycles. The van der Waals surface area contributed by atoms with E-state index in [1.54, 1.807) is 0 Å². The molecule has 0 aromatic heterocycles. The summed E-state index contributed by atoms with van der Waals surface area (Å²) >= 11 is 0. The molecule has 0 N–H and O–H groups in total. The molecule has 14 heavy (non-hydrogen) atoms. The van der Waals surface area contributed by atoms with Gasteiger partial charge in [-0.25, -0.2) is 0 Å². The normalized spacial score (nSPS) is 8.29. The highest BCUT2D eigenvalue weighted by molar-refractivity contribution is 5.72. The van der Waals surface area contributed by atoms with Crippen LogP contribution in [0.15, 0.2) is 24.3 Å². The van der Waals surface area contributed by atoms with Crippen molar-refractivity contribution in [2.45, 2.75) is 13.3 Å². The van der Waals surface area contributed by atoms with Crippen LogP contribution in [0.5, 0.6) is 0 Å². The average molecular weight is 192 g/mol. The SMILES string of the molecule is COC(=O)Cc1ccc(C)cc1.N#N. The molecule has 1 rings (SSSR count). The Kier molecular flexibility index (Phi) is 5.72.